The van der Waals surface area contributed by atoms with Gasteiger partial charge in [-0.2, -0.15) is 0 Å². The summed E-state index contributed by atoms with van der Waals surface area (Å²) in [5.74, 6) is 0.159. The Labute approximate surface area is 203 Å². The van der Waals surface area contributed by atoms with E-state index in [1.165, 1.54) is 17.0 Å². The zero-order chi connectivity index (χ0) is 23.2. The van der Waals surface area contributed by atoms with Crippen molar-refractivity contribution in [3.8, 4) is 5.75 Å². The number of halogens is 1. The molecule has 0 radical (unpaired) electrons. The third-order valence-electron chi connectivity index (χ3n) is 6.58. The Morgan fingerprint density at radius 1 is 1.09 bits per heavy atom. The number of nitrogens with one attached hydrogen (secondary N) is 2. The fraction of sp³-hybridized carbons (Fsp3) is 0.500. The molecule has 33 heavy (non-hydrogen) atoms. The quantitative estimate of drug-likeness (QED) is 0.524. The fourth-order valence-corrected chi connectivity index (χ4v) is 5.42. The molecule has 1 aromatic heterocycles. The molecule has 2 fully saturated rings. The summed E-state index contributed by atoms with van der Waals surface area (Å²) in [6, 6.07) is 8.80. The van der Waals surface area contributed by atoms with Crippen LogP contribution in [0, 0.1) is 11.8 Å². The predicted octanol–water partition coefficient (Wildman–Crippen LogP) is 4.38. The zero-order valence-electron chi connectivity index (χ0n) is 18.6. The lowest BCUT2D eigenvalue weighted by Crippen LogP contribution is -2.47. The van der Waals surface area contributed by atoms with Crippen LogP contribution in [0.1, 0.15) is 30.6 Å². The predicted molar refractivity (Wildman–Crippen MR) is 132 cm³/mol. The highest BCUT2D eigenvalue weighted by Gasteiger charge is 2.28. The van der Waals surface area contributed by atoms with Gasteiger partial charge in [0.15, 0.2) is 0 Å². The molecule has 4 rings (SSSR count). The number of hydrogen-bond acceptors (Lipinski definition) is 5. The van der Waals surface area contributed by atoms with Gasteiger partial charge in [-0.25, -0.2) is 4.79 Å². The van der Waals surface area contributed by atoms with Crippen LogP contribution >= 0.6 is 22.9 Å². The normalized spacial score (nSPS) is 18.3. The number of rotatable bonds is 6. The van der Waals surface area contributed by atoms with Crippen molar-refractivity contribution < 1.29 is 14.7 Å². The summed E-state index contributed by atoms with van der Waals surface area (Å²) in [7, 11) is 0. The summed E-state index contributed by atoms with van der Waals surface area (Å²) < 4.78 is 0. The maximum atomic E-state index is 12.6. The van der Waals surface area contributed by atoms with Crippen molar-refractivity contribution in [3.05, 3.63) is 45.6 Å². The largest absolute Gasteiger partial charge is 0.506 e. The van der Waals surface area contributed by atoms with Crippen LogP contribution in [0.5, 0.6) is 5.75 Å². The van der Waals surface area contributed by atoms with Gasteiger partial charge in [0.05, 0.1) is 5.69 Å². The monoisotopic (exact) mass is 490 g/mol. The summed E-state index contributed by atoms with van der Waals surface area (Å²) >= 11 is 7.75. The molecule has 2 saturated heterocycles. The number of phenolic OH excluding ortho intramolecular Hbond substituents is 1. The van der Waals surface area contributed by atoms with Crippen molar-refractivity contribution in [2.24, 2.45) is 11.8 Å². The van der Waals surface area contributed by atoms with E-state index in [9.17, 15) is 14.7 Å². The minimum Gasteiger partial charge on any atom is -0.506 e. The van der Waals surface area contributed by atoms with Gasteiger partial charge in [0.1, 0.15) is 5.75 Å². The number of carbonyl (C=O) groups excluding carboxylic acids is 2. The van der Waals surface area contributed by atoms with Gasteiger partial charge in [-0.1, -0.05) is 17.7 Å². The maximum absolute atomic E-state index is 12.6. The Kier molecular flexibility index (Phi) is 8.11. The van der Waals surface area contributed by atoms with Crippen LogP contribution in [-0.2, 0) is 11.3 Å². The Bertz CT molecular complexity index is 939. The Balaban J connectivity index is 1.15. The fourth-order valence-electron chi connectivity index (χ4n) is 4.50. The second-order valence-electron chi connectivity index (χ2n) is 8.90. The molecule has 2 aromatic rings. The molecule has 2 aliphatic rings. The van der Waals surface area contributed by atoms with Gasteiger partial charge in [0, 0.05) is 42.0 Å². The van der Waals surface area contributed by atoms with Gasteiger partial charge in [0.2, 0.25) is 5.91 Å². The second-order valence-corrected chi connectivity index (χ2v) is 10.4. The molecule has 0 atom stereocenters. The first kappa shape index (κ1) is 23.9. The highest BCUT2D eigenvalue weighted by Crippen LogP contribution is 2.28. The molecule has 0 unspecified atom stereocenters. The lowest BCUT2D eigenvalue weighted by Gasteiger charge is -2.34. The minimum absolute atomic E-state index is 0.0121. The number of hydrogen-bond donors (Lipinski definition) is 3. The minimum atomic E-state index is -0.194. The van der Waals surface area contributed by atoms with E-state index in [2.05, 4.69) is 33.0 Å². The van der Waals surface area contributed by atoms with E-state index in [4.69, 9.17) is 11.6 Å². The first-order chi connectivity index (χ1) is 16.0. The number of benzene rings is 1. The van der Waals surface area contributed by atoms with Gasteiger partial charge in [-0.3, -0.25) is 9.69 Å². The molecule has 3 N–H and O–H groups in total. The molecular weight excluding hydrogens is 460 g/mol. The highest BCUT2D eigenvalue weighted by atomic mass is 35.5. The van der Waals surface area contributed by atoms with Crippen molar-refractivity contribution >= 4 is 40.6 Å². The number of thiophene rings is 1. The van der Waals surface area contributed by atoms with Crippen LogP contribution < -0.4 is 10.6 Å². The number of likely N-dealkylation sites (tertiary alicyclic amines) is 2. The molecule has 0 saturated carbocycles. The van der Waals surface area contributed by atoms with E-state index in [1.54, 1.807) is 22.3 Å². The van der Waals surface area contributed by atoms with E-state index in [-0.39, 0.29) is 23.6 Å². The number of urea groups is 1. The van der Waals surface area contributed by atoms with Crippen LogP contribution in [-0.4, -0.2) is 59.6 Å². The first-order valence-corrected chi connectivity index (χ1v) is 12.8. The van der Waals surface area contributed by atoms with Crippen molar-refractivity contribution in [3.63, 3.8) is 0 Å². The van der Waals surface area contributed by atoms with E-state index in [1.807, 2.05) is 0 Å². The molecule has 9 heteroatoms. The van der Waals surface area contributed by atoms with Crippen LogP contribution in [0.15, 0.2) is 35.7 Å². The number of amides is 3. The van der Waals surface area contributed by atoms with Crippen molar-refractivity contribution in [1.29, 1.82) is 0 Å². The number of phenols is 1. The molecule has 0 bridgehead atoms. The molecule has 3 amide bonds. The number of piperidine rings is 2. The Hall–Kier alpha value is -2.29. The highest BCUT2D eigenvalue weighted by molar-refractivity contribution is 7.09. The van der Waals surface area contributed by atoms with E-state index >= 15 is 0 Å². The first-order valence-electron chi connectivity index (χ1n) is 11.5. The molecule has 178 valence electrons. The van der Waals surface area contributed by atoms with Crippen molar-refractivity contribution in [2.45, 2.75) is 32.2 Å². The molecule has 3 heterocycles. The van der Waals surface area contributed by atoms with Gasteiger partial charge in [-0.05, 0) is 74.3 Å². The summed E-state index contributed by atoms with van der Waals surface area (Å²) in [6.07, 6.45) is 3.40. The van der Waals surface area contributed by atoms with Crippen molar-refractivity contribution in [1.82, 2.24) is 15.1 Å². The number of carbonyl (C=O) groups is 2. The summed E-state index contributed by atoms with van der Waals surface area (Å²) in [5, 5.41) is 18.3. The SMILES string of the molecule is O=C(Nc1cc(Cl)ccc1O)C1CCN(C(=O)NCC2CCN(Cc3cccs3)CC2)CC1. The molecule has 7 nitrogen and oxygen atoms in total. The second kappa shape index (κ2) is 11.2. The smallest absolute Gasteiger partial charge is 0.317 e. The Morgan fingerprint density at radius 3 is 2.55 bits per heavy atom. The number of aromatic hydroxyl groups is 1. The number of anilines is 1. The van der Waals surface area contributed by atoms with Crippen LogP contribution in [0.25, 0.3) is 0 Å². The molecule has 1 aromatic carbocycles. The van der Waals surface area contributed by atoms with Crippen LogP contribution in [0.2, 0.25) is 5.02 Å². The summed E-state index contributed by atoms with van der Waals surface area (Å²) in [5.41, 5.74) is 0.314. The lowest BCUT2D eigenvalue weighted by molar-refractivity contribution is -0.121. The standard InChI is InChI=1S/C24H31ClN4O3S/c25-19-3-4-22(30)21(14-19)27-23(31)18-7-11-29(12-8-18)24(32)26-15-17-5-9-28(10-6-17)16-20-2-1-13-33-20/h1-4,13-14,17-18,30H,5-12,15-16H2,(H,26,32)(H,27,31). The van der Waals surface area contributed by atoms with E-state index < -0.39 is 0 Å². The average Bonchev–Trinajstić information content (AvgIpc) is 3.34. The topological polar surface area (TPSA) is 84.9 Å². The molecule has 2 aliphatic heterocycles. The lowest BCUT2D eigenvalue weighted by atomic mass is 9.95. The van der Waals surface area contributed by atoms with Gasteiger partial charge in [0.25, 0.3) is 0 Å². The van der Waals surface area contributed by atoms with E-state index in [0.717, 1.165) is 32.5 Å². The average molecular weight is 491 g/mol. The Morgan fingerprint density at radius 2 is 1.85 bits per heavy atom. The summed E-state index contributed by atoms with van der Waals surface area (Å²) in [4.78, 5) is 30.9. The molecule has 0 aliphatic carbocycles. The van der Waals surface area contributed by atoms with Gasteiger partial charge < -0.3 is 20.6 Å². The van der Waals surface area contributed by atoms with Gasteiger partial charge >= 0.3 is 6.03 Å². The van der Waals surface area contributed by atoms with Gasteiger partial charge in [-0.15, -0.1) is 11.3 Å². The molecule has 0 spiro atoms. The van der Waals surface area contributed by atoms with Crippen LogP contribution in [0.4, 0.5) is 10.5 Å². The third kappa shape index (κ3) is 6.62. The molecular formula is C24H31ClN4O3S. The van der Waals surface area contributed by atoms with E-state index in [0.29, 0.717) is 49.1 Å². The maximum Gasteiger partial charge on any atom is 0.317 e. The number of nitrogens with zero attached hydrogens (tertiary/aromatic N) is 2. The zero-order valence-corrected chi connectivity index (χ0v) is 20.2. The van der Waals surface area contributed by atoms with Crippen LogP contribution in [0.3, 0.4) is 0 Å². The summed E-state index contributed by atoms with van der Waals surface area (Å²) in [6.45, 7) is 4.97. The third-order valence-corrected chi connectivity index (χ3v) is 7.67. The van der Waals surface area contributed by atoms with Crippen molar-refractivity contribution in [2.75, 3.05) is 38.0 Å².